The van der Waals surface area contributed by atoms with E-state index in [1.807, 2.05) is 6.07 Å². The van der Waals surface area contributed by atoms with Crippen LogP contribution in [-0.2, 0) is 11.2 Å². The molecule has 0 bridgehead atoms. The number of carbonyl (C=O) groups is 2. The summed E-state index contributed by atoms with van der Waals surface area (Å²) in [4.78, 5) is 24.9. The average Bonchev–Trinajstić information content (AvgIpc) is 2.35. The molecule has 0 aromatic heterocycles. The van der Waals surface area contributed by atoms with E-state index in [2.05, 4.69) is 5.32 Å². The quantitative estimate of drug-likeness (QED) is 0.847. The predicted octanol–water partition coefficient (Wildman–Crippen LogP) is 1.17. The van der Waals surface area contributed by atoms with Crippen LogP contribution in [0.2, 0.25) is 0 Å². The fraction of sp³-hybridized carbons (Fsp3) is 0.308. The van der Waals surface area contributed by atoms with Crippen molar-refractivity contribution in [2.75, 3.05) is 18.9 Å². The molecule has 1 aromatic rings. The first-order chi connectivity index (χ1) is 8.61. The van der Waals surface area contributed by atoms with E-state index in [1.165, 1.54) is 0 Å². The fourth-order valence-electron chi connectivity index (χ4n) is 1.94. The lowest BCUT2D eigenvalue weighted by molar-refractivity contribution is -0.115. The van der Waals surface area contributed by atoms with Gasteiger partial charge in [0.2, 0.25) is 5.91 Å². The number of benzene rings is 1. The molecule has 0 aliphatic carbocycles. The maximum absolute atomic E-state index is 11.9. The van der Waals surface area contributed by atoms with Gasteiger partial charge < -0.3 is 10.2 Å². The first kappa shape index (κ1) is 12.1. The third-order valence-corrected chi connectivity index (χ3v) is 2.93. The molecule has 5 nitrogen and oxygen atoms in total. The highest BCUT2D eigenvalue weighted by atomic mass is 16.2. The minimum atomic E-state index is -0.367. The standard InChI is InChI=1S/C13H13N3O2/c1-16-7-5-9-2-3-10(8-11(9)13(16)18)15-12(17)4-6-14/h2-3,8H,4-5,7H2,1H3,(H,15,17). The number of nitrogens with one attached hydrogen (secondary N) is 1. The molecule has 0 spiro atoms. The van der Waals surface area contributed by atoms with Gasteiger partial charge >= 0.3 is 0 Å². The number of hydrogen-bond donors (Lipinski definition) is 1. The molecule has 0 fully saturated rings. The van der Waals surface area contributed by atoms with Gasteiger partial charge in [-0.05, 0) is 24.1 Å². The molecule has 92 valence electrons. The predicted molar refractivity (Wildman–Crippen MR) is 66.0 cm³/mol. The third-order valence-electron chi connectivity index (χ3n) is 2.93. The van der Waals surface area contributed by atoms with E-state index in [-0.39, 0.29) is 18.2 Å². The summed E-state index contributed by atoms with van der Waals surface area (Å²) in [7, 11) is 1.76. The van der Waals surface area contributed by atoms with Crippen LogP contribution in [0.15, 0.2) is 18.2 Å². The van der Waals surface area contributed by atoms with E-state index < -0.39 is 0 Å². The van der Waals surface area contributed by atoms with Crippen LogP contribution in [0.4, 0.5) is 5.69 Å². The summed E-state index contributed by atoms with van der Waals surface area (Å²) >= 11 is 0. The number of anilines is 1. The number of likely N-dealkylation sites (N-methyl/N-ethyl adjacent to an activating group) is 1. The highest BCUT2D eigenvalue weighted by Crippen LogP contribution is 2.22. The Kier molecular flexibility index (Phi) is 3.28. The van der Waals surface area contributed by atoms with Gasteiger partial charge in [-0.15, -0.1) is 0 Å². The molecule has 18 heavy (non-hydrogen) atoms. The second-order valence-corrected chi connectivity index (χ2v) is 4.23. The van der Waals surface area contributed by atoms with Gasteiger partial charge in [-0.1, -0.05) is 6.07 Å². The topological polar surface area (TPSA) is 73.2 Å². The van der Waals surface area contributed by atoms with Crippen molar-refractivity contribution in [2.24, 2.45) is 0 Å². The van der Waals surface area contributed by atoms with Crippen molar-refractivity contribution in [1.29, 1.82) is 5.26 Å². The Balaban J connectivity index is 2.24. The van der Waals surface area contributed by atoms with Crippen molar-refractivity contribution in [1.82, 2.24) is 4.90 Å². The van der Waals surface area contributed by atoms with Gasteiger partial charge in [0.15, 0.2) is 0 Å². The number of nitrogens with zero attached hydrogens (tertiary/aromatic N) is 2. The number of hydrogen-bond acceptors (Lipinski definition) is 3. The second kappa shape index (κ2) is 4.88. The summed E-state index contributed by atoms with van der Waals surface area (Å²) in [5.74, 6) is -0.401. The van der Waals surface area contributed by atoms with Crippen LogP contribution in [0.1, 0.15) is 22.3 Å². The smallest absolute Gasteiger partial charge is 0.253 e. The second-order valence-electron chi connectivity index (χ2n) is 4.23. The molecule has 0 saturated heterocycles. The van der Waals surface area contributed by atoms with Crippen LogP contribution >= 0.6 is 0 Å². The molecule has 2 rings (SSSR count). The molecule has 1 aromatic carbocycles. The average molecular weight is 243 g/mol. The zero-order valence-corrected chi connectivity index (χ0v) is 10.1. The molecule has 0 unspecified atom stereocenters. The van der Waals surface area contributed by atoms with Crippen molar-refractivity contribution in [2.45, 2.75) is 12.8 Å². The lowest BCUT2D eigenvalue weighted by Gasteiger charge is -2.25. The lowest BCUT2D eigenvalue weighted by Crippen LogP contribution is -2.34. The SMILES string of the molecule is CN1CCc2ccc(NC(=O)CC#N)cc2C1=O. The summed E-state index contributed by atoms with van der Waals surface area (Å²) in [6.07, 6.45) is 0.634. The monoisotopic (exact) mass is 243 g/mol. The van der Waals surface area contributed by atoms with Gasteiger partial charge in [-0.3, -0.25) is 9.59 Å². The molecule has 1 heterocycles. The van der Waals surface area contributed by atoms with Crippen LogP contribution in [0.25, 0.3) is 0 Å². The summed E-state index contributed by atoms with van der Waals surface area (Å²) in [6, 6.07) is 7.05. The summed E-state index contributed by atoms with van der Waals surface area (Å²) in [5, 5.41) is 11.0. The molecule has 0 radical (unpaired) electrons. The Labute approximate surface area is 105 Å². The zero-order valence-electron chi connectivity index (χ0n) is 10.1. The largest absolute Gasteiger partial charge is 0.341 e. The van der Waals surface area contributed by atoms with Crippen LogP contribution in [0.5, 0.6) is 0 Å². The molecular weight excluding hydrogens is 230 g/mol. The molecule has 2 amide bonds. The Bertz CT molecular complexity index is 546. The number of amides is 2. The minimum Gasteiger partial charge on any atom is -0.341 e. The zero-order chi connectivity index (χ0) is 13.1. The Hall–Kier alpha value is -2.35. The number of carbonyl (C=O) groups excluding carboxylic acids is 2. The normalized spacial score (nSPS) is 13.8. The maximum atomic E-state index is 11.9. The van der Waals surface area contributed by atoms with Crippen LogP contribution in [0.3, 0.4) is 0 Å². The van der Waals surface area contributed by atoms with Crippen LogP contribution < -0.4 is 5.32 Å². The van der Waals surface area contributed by atoms with E-state index in [0.29, 0.717) is 17.8 Å². The Morgan fingerprint density at radius 2 is 2.33 bits per heavy atom. The lowest BCUT2D eigenvalue weighted by atomic mass is 9.99. The van der Waals surface area contributed by atoms with Crippen molar-refractivity contribution in [3.8, 4) is 6.07 Å². The van der Waals surface area contributed by atoms with Gasteiger partial charge in [-0.25, -0.2) is 0 Å². The highest BCUT2D eigenvalue weighted by Gasteiger charge is 2.21. The van der Waals surface area contributed by atoms with Crippen molar-refractivity contribution in [3.05, 3.63) is 29.3 Å². The molecular formula is C13H13N3O2. The van der Waals surface area contributed by atoms with Crippen molar-refractivity contribution < 1.29 is 9.59 Å². The number of fused-ring (bicyclic) bond motifs is 1. The van der Waals surface area contributed by atoms with Gasteiger partial charge in [0.25, 0.3) is 5.91 Å². The van der Waals surface area contributed by atoms with Gasteiger partial charge in [0, 0.05) is 24.8 Å². The van der Waals surface area contributed by atoms with Crippen molar-refractivity contribution in [3.63, 3.8) is 0 Å². The summed E-state index contributed by atoms with van der Waals surface area (Å²) in [6.45, 7) is 0.714. The first-order valence-corrected chi connectivity index (χ1v) is 5.67. The summed E-state index contributed by atoms with van der Waals surface area (Å²) in [5.41, 5.74) is 2.17. The fourth-order valence-corrected chi connectivity index (χ4v) is 1.94. The van der Waals surface area contributed by atoms with Crippen LogP contribution in [-0.4, -0.2) is 30.3 Å². The van der Waals surface area contributed by atoms with Gasteiger partial charge in [0.05, 0.1) is 6.07 Å². The summed E-state index contributed by atoms with van der Waals surface area (Å²) < 4.78 is 0. The van der Waals surface area contributed by atoms with Gasteiger partial charge in [-0.2, -0.15) is 5.26 Å². The Morgan fingerprint density at radius 1 is 1.56 bits per heavy atom. The minimum absolute atomic E-state index is 0.0346. The van der Waals surface area contributed by atoms with E-state index in [9.17, 15) is 9.59 Å². The molecule has 1 aliphatic rings. The molecule has 1 aliphatic heterocycles. The molecule has 5 heteroatoms. The Morgan fingerprint density at radius 3 is 3.06 bits per heavy atom. The molecule has 0 atom stereocenters. The maximum Gasteiger partial charge on any atom is 0.253 e. The number of rotatable bonds is 2. The van der Waals surface area contributed by atoms with E-state index >= 15 is 0 Å². The van der Waals surface area contributed by atoms with E-state index in [1.54, 1.807) is 30.1 Å². The molecule has 1 N–H and O–H groups in total. The highest BCUT2D eigenvalue weighted by molar-refractivity contribution is 5.99. The number of nitriles is 1. The van der Waals surface area contributed by atoms with Crippen LogP contribution in [0, 0.1) is 11.3 Å². The van der Waals surface area contributed by atoms with E-state index in [0.717, 1.165) is 12.0 Å². The van der Waals surface area contributed by atoms with E-state index in [4.69, 9.17) is 5.26 Å². The van der Waals surface area contributed by atoms with Gasteiger partial charge in [0.1, 0.15) is 6.42 Å². The first-order valence-electron chi connectivity index (χ1n) is 5.67. The molecule has 0 saturated carbocycles. The van der Waals surface area contributed by atoms with Crippen molar-refractivity contribution >= 4 is 17.5 Å². The third kappa shape index (κ3) is 2.33.